The lowest BCUT2D eigenvalue weighted by Gasteiger charge is -2.24. The SMILES string of the molecule is CC(C)(C)c1ccc(-n2ncc3c2CCCC3NC(=O)Cc2cnc3ncnn3c2)cc1. The van der Waals surface area contributed by atoms with Crippen LogP contribution in [0, 0.1) is 0 Å². The lowest BCUT2D eigenvalue weighted by atomic mass is 9.87. The second kappa shape index (κ2) is 7.85. The number of aromatic nitrogens is 6. The van der Waals surface area contributed by atoms with E-state index < -0.39 is 0 Å². The number of benzene rings is 1. The smallest absolute Gasteiger partial charge is 0.252 e. The van der Waals surface area contributed by atoms with E-state index in [2.05, 4.69) is 70.5 Å². The van der Waals surface area contributed by atoms with Crippen LogP contribution in [0.25, 0.3) is 11.5 Å². The van der Waals surface area contributed by atoms with Crippen LogP contribution in [-0.4, -0.2) is 35.3 Å². The molecule has 1 N–H and O–H groups in total. The van der Waals surface area contributed by atoms with Gasteiger partial charge in [0.05, 0.1) is 24.3 Å². The van der Waals surface area contributed by atoms with Crippen molar-refractivity contribution in [1.29, 1.82) is 0 Å². The molecule has 164 valence electrons. The third-order valence-electron chi connectivity index (χ3n) is 6.05. The zero-order chi connectivity index (χ0) is 22.3. The van der Waals surface area contributed by atoms with Crippen LogP contribution < -0.4 is 5.32 Å². The van der Waals surface area contributed by atoms with Crippen molar-refractivity contribution >= 4 is 11.7 Å². The number of carbonyl (C=O) groups is 1. The van der Waals surface area contributed by atoms with Gasteiger partial charge in [0.1, 0.15) is 6.33 Å². The van der Waals surface area contributed by atoms with Crippen molar-refractivity contribution in [2.75, 3.05) is 0 Å². The van der Waals surface area contributed by atoms with Gasteiger partial charge in [-0.2, -0.15) is 15.2 Å². The largest absolute Gasteiger partial charge is 0.349 e. The van der Waals surface area contributed by atoms with Crippen LogP contribution in [0.4, 0.5) is 0 Å². The van der Waals surface area contributed by atoms with Crippen molar-refractivity contribution in [2.45, 2.75) is 57.9 Å². The number of carbonyl (C=O) groups excluding carboxylic acids is 1. The molecule has 0 saturated heterocycles. The van der Waals surface area contributed by atoms with Crippen LogP contribution in [-0.2, 0) is 23.1 Å². The summed E-state index contributed by atoms with van der Waals surface area (Å²) in [6.45, 7) is 6.64. The summed E-state index contributed by atoms with van der Waals surface area (Å²) in [6.07, 6.45) is 9.94. The van der Waals surface area contributed by atoms with Crippen LogP contribution in [0.1, 0.15) is 62.0 Å². The van der Waals surface area contributed by atoms with Crippen LogP contribution in [0.15, 0.2) is 49.2 Å². The molecule has 0 fully saturated rings. The quantitative estimate of drug-likeness (QED) is 0.537. The Morgan fingerprint density at radius 3 is 2.72 bits per heavy atom. The van der Waals surface area contributed by atoms with Crippen LogP contribution in [0.3, 0.4) is 0 Å². The number of amides is 1. The van der Waals surface area contributed by atoms with Gasteiger partial charge in [-0.05, 0) is 47.9 Å². The standard InChI is InChI=1S/C24H27N7O/c1-24(2,3)17-7-9-18(10-8-17)31-21-6-4-5-20(19(21)13-27-31)29-22(32)11-16-12-25-23-26-15-28-30(23)14-16/h7-10,12-15,20H,4-6,11H2,1-3H3,(H,29,32). The first-order valence-electron chi connectivity index (χ1n) is 11.0. The van der Waals surface area contributed by atoms with Gasteiger partial charge in [-0.1, -0.05) is 32.9 Å². The van der Waals surface area contributed by atoms with Crippen LogP contribution in [0.5, 0.6) is 0 Å². The monoisotopic (exact) mass is 429 g/mol. The Morgan fingerprint density at radius 1 is 1.12 bits per heavy atom. The summed E-state index contributed by atoms with van der Waals surface area (Å²) in [6, 6.07) is 8.57. The molecule has 0 radical (unpaired) electrons. The van der Waals surface area contributed by atoms with Gasteiger partial charge in [0.2, 0.25) is 5.91 Å². The summed E-state index contributed by atoms with van der Waals surface area (Å²) in [7, 11) is 0. The fraction of sp³-hybridized carbons (Fsp3) is 0.375. The highest BCUT2D eigenvalue weighted by atomic mass is 16.1. The Hall–Kier alpha value is -3.55. The number of nitrogens with one attached hydrogen (secondary N) is 1. The highest BCUT2D eigenvalue weighted by Crippen LogP contribution is 2.32. The molecule has 8 heteroatoms. The summed E-state index contributed by atoms with van der Waals surface area (Å²) in [4.78, 5) is 21.0. The molecule has 1 aliphatic rings. The summed E-state index contributed by atoms with van der Waals surface area (Å²) >= 11 is 0. The van der Waals surface area contributed by atoms with E-state index in [0.29, 0.717) is 5.78 Å². The normalized spacial score (nSPS) is 16.2. The Balaban J connectivity index is 1.32. The fourth-order valence-electron chi connectivity index (χ4n) is 4.31. The maximum Gasteiger partial charge on any atom is 0.252 e. The van der Waals surface area contributed by atoms with Gasteiger partial charge in [-0.15, -0.1) is 0 Å². The van der Waals surface area contributed by atoms with Crippen molar-refractivity contribution in [2.24, 2.45) is 0 Å². The number of rotatable bonds is 4. The van der Waals surface area contributed by atoms with Gasteiger partial charge in [-0.3, -0.25) is 4.79 Å². The van der Waals surface area contributed by atoms with E-state index >= 15 is 0 Å². The lowest BCUT2D eigenvalue weighted by molar-refractivity contribution is -0.121. The molecule has 4 aromatic rings. The molecule has 1 aliphatic carbocycles. The molecule has 0 saturated carbocycles. The average Bonchev–Trinajstić information content (AvgIpc) is 3.40. The van der Waals surface area contributed by atoms with Gasteiger partial charge >= 0.3 is 0 Å². The minimum Gasteiger partial charge on any atom is -0.349 e. The summed E-state index contributed by atoms with van der Waals surface area (Å²) in [5.74, 6) is 0.487. The molecule has 3 heterocycles. The van der Waals surface area contributed by atoms with Crippen molar-refractivity contribution in [3.63, 3.8) is 0 Å². The summed E-state index contributed by atoms with van der Waals surface area (Å²) in [5, 5.41) is 11.9. The molecule has 0 bridgehead atoms. The zero-order valence-corrected chi connectivity index (χ0v) is 18.6. The third-order valence-corrected chi connectivity index (χ3v) is 6.05. The number of fused-ring (bicyclic) bond motifs is 2. The minimum absolute atomic E-state index is 0.0306. The van der Waals surface area contributed by atoms with E-state index in [9.17, 15) is 4.79 Å². The molecular weight excluding hydrogens is 402 g/mol. The molecule has 1 unspecified atom stereocenters. The number of hydrogen-bond acceptors (Lipinski definition) is 5. The summed E-state index contributed by atoms with van der Waals surface area (Å²) in [5.41, 5.74) is 5.55. The van der Waals surface area contributed by atoms with E-state index in [1.165, 1.54) is 17.6 Å². The van der Waals surface area contributed by atoms with Crippen LogP contribution >= 0.6 is 0 Å². The van der Waals surface area contributed by atoms with E-state index in [4.69, 9.17) is 0 Å². The highest BCUT2D eigenvalue weighted by Gasteiger charge is 2.26. The van der Waals surface area contributed by atoms with Gasteiger partial charge in [0.15, 0.2) is 0 Å². The van der Waals surface area contributed by atoms with Gasteiger partial charge < -0.3 is 5.32 Å². The van der Waals surface area contributed by atoms with E-state index in [1.807, 2.05) is 10.9 Å². The Bertz CT molecular complexity index is 1260. The third kappa shape index (κ3) is 3.88. The van der Waals surface area contributed by atoms with Gasteiger partial charge in [0.25, 0.3) is 5.78 Å². The first-order chi connectivity index (χ1) is 15.4. The second-order valence-corrected chi connectivity index (χ2v) is 9.41. The Morgan fingerprint density at radius 2 is 1.94 bits per heavy atom. The first kappa shape index (κ1) is 20.4. The number of hydrogen-bond donors (Lipinski definition) is 1. The van der Waals surface area contributed by atoms with E-state index in [0.717, 1.165) is 36.1 Å². The van der Waals surface area contributed by atoms with Crippen molar-refractivity contribution in [1.82, 2.24) is 34.7 Å². The molecule has 1 amide bonds. The molecule has 32 heavy (non-hydrogen) atoms. The molecule has 1 atom stereocenters. The van der Waals surface area contributed by atoms with Crippen LogP contribution in [0.2, 0.25) is 0 Å². The maximum atomic E-state index is 12.8. The van der Waals surface area contributed by atoms with E-state index in [1.54, 1.807) is 16.9 Å². The van der Waals surface area contributed by atoms with Crippen molar-refractivity contribution < 1.29 is 4.79 Å². The fourth-order valence-corrected chi connectivity index (χ4v) is 4.31. The predicted molar refractivity (Wildman–Crippen MR) is 121 cm³/mol. The summed E-state index contributed by atoms with van der Waals surface area (Å²) < 4.78 is 3.60. The average molecular weight is 430 g/mol. The minimum atomic E-state index is -0.0357. The Labute approximate surface area is 186 Å². The highest BCUT2D eigenvalue weighted by molar-refractivity contribution is 5.79. The van der Waals surface area contributed by atoms with Crippen molar-refractivity contribution in [3.8, 4) is 5.69 Å². The van der Waals surface area contributed by atoms with Crippen molar-refractivity contribution in [3.05, 3.63) is 71.6 Å². The van der Waals surface area contributed by atoms with Gasteiger partial charge in [0, 0.05) is 23.7 Å². The Kier molecular flexibility index (Phi) is 5.00. The molecule has 8 nitrogen and oxygen atoms in total. The topological polar surface area (TPSA) is 90.0 Å². The predicted octanol–water partition coefficient (Wildman–Crippen LogP) is 3.34. The maximum absolute atomic E-state index is 12.8. The molecule has 1 aromatic carbocycles. The van der Waals surface area contributed by atoms with Gasteiger partial charge in [-0.25, -0.2) is 14.2 Å². The molecular formula is C24H27N7O. The molecule has 5 rings (SSSR count). The number of nitrogens with zero attached hydrogens (tertiary/aromatic N) is 6. The molecule has 0 aliphatic heterocycles. The first-order valence-corrected chi connectivity index (χ1v) is 11.0. The molecule has 3 aromatic heterocycles. The zero-order valence-electron chi connectivity index (χ0n) is 18.6. The lowest BCUT2D eigenvalue weighted by Crippen LogP contribution is -2.32. The second-order valence-electron chi connectivity index (χ2n) is 9.41. The molecule has 0 spiro atoms. The van der Waals surface area contributed by atoms with E-state index in [-0.39, 0.29) is 23.8 Å².